The molecule has 0 aliphatic heterocycles. The Hall–Kier alpha value is -0.340. The van der Waals surface area contributed by atoms with Gasteiger partial charge in [0.2, 0.25) is 0 Å². The van der Waals surface area contributed by atoms with E-state index in [0.29, 0.717) is 6.04 Å². The Bertz CT molecular complexity index is 319. The molecular weight excluding hydrogens is 250 g/mol. The van der Waals surface area contributed by atoms with E-state index in [-0.39, 0.29) is 0 Å². The highest BCUT2D eigenvalue weighted by molar-refractivity contribution is 7.12. The highest BCUT2D eigenvalue weighted by atomic mass is 32.1. The first-order valence-electron chi connectivity index (χ1n) is 8.01. The Balaban J connectivity index is 2.07. The lowest BCUT2D eigenvalue weighted by atomic mass is 10.0. The summed E-state index contributed by atoms with van der Waals surface area (Å²) < 4.78 is 0. The van der Waals surface area contributed by atoms with Gasteiger partial charge in [-0.3, -0.25) is 0 Å². The Morgan fingerprint density at radius 1 is 1.00 bits per heavy atom. The lowest BCUT2D eigenvalue weighted by Gasteiger charge is -2.14. The molecule has 2 heteroatoms. The van der Waals surface area contributed by atoms with E-state index in [1.54, 1.807) is 0 Å². The molecule has 1 heterocycles. The number of thiophene rings is 1. The van der Waals surface area contributed by atoms with Crippen molar-refractivity contribution in [2.75, 3.05) is 7.05 Å². The van der Waals surface area contributed by atoms with Crippen molar-refractivity contribution >= 4 is 11.3 Å². The average molecular weight is 282 g/mol. The van der Waals surface area contributed by atoms with Crippen molar-refractivity contribution in [3.8, 4) is 0 Å². The van der Waals surface area contributed by atoms with Crippen LogP contribution in [-0.4, -0.2) is 7.05 Å². The summed E-state index contributed by atoms with van der Waals surface area (Å²) in [7, 11) is 2.09. The van der Waals surface area contributed by atoms with E-state index >= 15 is 0 Å². The van der Waals surface area contributed by atoms with E-state index < -0.39 is 0 Å². The summed E-state index contributed by atoms with van der Waals surface area (Å²) in [5.41, 5.74) is 0. The smallest absolute Gasteiger partial charge is 0.0412 e. The summed E-state index contributed by atoms with van der Waals surface area (Å²) in [6.07, 6.45) is 12.5. The first-order valence-corrected chi connectivity index (χ1v) is 8.83. The molecule has 1 aromatic rings. The molecule has 1 unspecified atom stereocenters. The first kappa shape index (κ1) is 16.7. The zero-order valence-corrected chi connectivity index (χ0v) is 13.8. The van der Waals surface area contributed by atoms with E-state index in [9.17, 15) is 0 Å². The Labute approximate surface area is 123 Å². The molecule has 0 amide bonds. The molecule has 1 atom stereocenters. The average Bonchev–Trinajstić information content (AvgIpc) is 2.83. The zero-order chi connectivity index (χ0) is 13.9. The van der Waals surface area contributed by atoms with Gasteiger partial charge in [-0.15, -0.1) is 11.3 Å². The topological polar surface area (TPSA) is 12.0 Å². The molecule has 19 heavy (non-hydrogen) atoms. The van der Waals surface area contributed by atoms with Crippen molar-refractivity contribution in [3.63, 3.8) is 0 Å². The van der Waals surface area contributed by atoms with Crippen LogP contribution >= 0.6 is 11.3 Å². The van der Waals surface area contributed by atoms with Gasteiger partial charge in [0.25, 0.3) is 0 Å². The van der Waals surface area contributed by atoms with Gasteiger partial charge in [0, 0.05) is 15.8 Å². The van der Waals surface area contributed by atoms with E-state index in [2.05, 4.69) is 38.3 Å². The summed E-state index contributed by atoms with van der Waals surface area (Å²) in [5, 5.41) is 3.46. The number of aryl methyl sites for hydroxylation is 1. The maximum absolute atomic E-state index is 3.46. The zero-order valence-electron chi connectivity index (χ0n) is 13.0. The number of rotatable bonds is 11. The van der Waals surface area contributed by atoms with Crippen molar-refractivity contribution in [1.29, 1.82) is 0 Å². The van der Waals surface area contributed by atoms with Crippen LogP contribution in [0.1, 0.15) is 80.5 Å². The molecule has 0 aromatic carbocycles. The summed E-state index contributed by atoms with van der Waals surface area (Å²) >= 11 is 1.94. The quantitative estimate of drug-likeness (QED) is 0.502. The molecule has 1 N–H and O–H groups in total. The maximum atomic E-state index is 3.46. The standard InChI is InChI=1S/C17H31NS/c1-4-5-6-7-8-9-10-11-12-16(18-3)17-14-13-15(2)19-17/h13-14,16,18H,4-12H2,1-3H3. The fourth-order valence-corrected chi connectivity index (χ4v) is 3.57. The lowest BCUT2D eigenvalue weighted by molar-refractivity contribution is 0.499. The second-order valence-corrected chi connectivity index (χ2v) is 6.87. The fraction of sp³-hybridized carbons (Fsp3) is 0.765. The summed E-state index contributed by atoms with van der Waals surface area (Å²) in [6.45, 7) is 4.47. The minimum Gasteiger partial charge on any atom is -0.312 e. The van der Waals surface area contributed by atoms with Crippen LogP contribution in [0, 0.1) is 6.92 Å². The van der Waals surface area contributed by atoms with Crippen LogP contribution in [0.5, 0.6) is 0 Å². The second-order valence-electron chi connectivity index (χ2n) is 5.55. The van der Waals surface area contributed by atoms with E-state index in [0.717, 1.165) is 0 Å². The molecule has 0 aliphatic rings. The predicted octanol–water partition coefficient (Wildman–Crippen LogP) is 5.85. The molecule has 1 rings (SSSR count). The van der Waals surface area contributed by atoms with Gasteiger partial charge in [0.15, 0.2) is 0 Å². The second kappa shape index (κ2) is 10.4. The Morgan fingerprint density at radius 2 is 1.63 bits per heavy atom. The van der Waals surface area contributed by atoms with Crippen LogP contribution in [0.15, 0.2) is 12.1 Å². The highest BCUT2D eigenvalue weighted by Crippen LogP contribution is 2.26. The molecule has 1 aromatic heterocycles. The molecule has 0 spiro atoms. The third-order valence-electron chi connectivity index (χ3n) is 3.80. The monoisotopic (exact) mass is 281 g/mol. The molecule has 0 aliphatic carbocycles. The minimum atomic E-state index is 0.568. The number of hydrogen-bond acceptors (Lipinski definition) is 2. The van der Waals surface area contributed by atoms with E-state index in [1.165, 1.54) is 67.5 Å². The van der Waals surface area contributed by atoms with Gasteiger partial charge in [-0.1, -0.05) is 58.3 Å². The van der Waals surface area contributed by atoms with E-state index in [1.807, 2.05) is 11.3 Å². The van der Waals surface area contributed by atoms with Gasteiger partial charge >= 0.3 is 0 Å². The van der Waals surface area contributed by atoms with Gasteiger partial charge in [0.05, 0.1) is 0 Å². The van der Waals surface area contributed by atoms with Gasteiger partial charge < -0.3 is 5.32 Å². The SMILES string of the molecule is CCCCCCCCCCC(NC)c1ccc(C)s1. The van der Waals surface area contributed by atoms with Crippen LogP contribution in [0.4, 0.5) is 0 Å². The third kappa shape index (κ3) is 7.12. The van der Waals surface area contributed by atoms with Crippen molar-refractivity contribution in [1.82, 2.24) is 5.32 Å². The third-order valence-corrected chi connectivity index (χ3v) is 4.91. The summed E-state index contributed by atoms with van der Waals surface area (Å²) in [5.74, 6) is 0. The largest absolute Gasteiger partial charge is 0.312 e. The van der Waals surface area contributed by atoms with Gasteiger partial charge in [-0.05, 0) is 32.5 Å². The molecule has 0 bridgehead atoms. The minimum absolute atomic E-state index is 0.568. The van der Waals surface area contributed by atoms with Crippen molar-refractivity contribution in [2.45, 2.75) is 77.7 Å². The number of hydrogen-bond donors (Lipinski definition) is 1. The van der Waals surface area contributed by atoms with Crippen LogP contribution in [0.25, 0.3) is 0 Å². The van der Waals surface area contributed by atoms with E-state index in [4.69, 9.17) is 0 Å². The normalized spacial score (nSPS) is 12.8. The summed E-state index contributed by atoms with van der Waals surface area (Å²) in [4.78, 5) is 2.93. The van der Waals surface area contributed by atoms with Crippen LogP contribution in [-0.2, 0) is 0 Å². The maximum Gasteiger partial charge on any atom is 0.0412 e. The van der Waals surface area contributed by atoms with Crippen LogP contribution < -0.4 is 5.32 Å². The van der Waals surface area contributed by atoms with Crippen molar-refractivity contribution < 1.29 is 0 Å². The molecule has 1 nitrogen and oxygen atoms in total. The molecule has 0 saturated heterocycles. The van der Waals surface area contributed by atoms with Gasteiger partial charge in [-0.2, -0.15) is 0 Å². The van der Waals surface area contributed by atoms with Crippen LogP contribution in [0.3, 0.4) is 0 Å². The van der Waals surface area contributed by atoms with Crippen LogP contribution in [0.2, 0.25) is 0 Å². The molecule has 0 radical (unpaired) electrons. The first-order chi connectivity index (χ1) is 9.27. The summed E-state index contributed by atoms with van der Waals surface area (Å²) in [6, 6.07) is 5.09. The Kier molecular flexibility index (Phi) is 9.19. The lowest BCUT2D eigenvalue weighted by Crippen LogP contribution is -2.14. The predicted molar refractivity (Wildman–Crippen MR) is 88.1 cm³/mol. The molecular formula is C17H31NS. The molecule has 0 saturated carbocycles. The Morgan fingerprint density at radius 3 is 2.16 bits per heavy atom. The number of unbranched alkanes of at least 4 members (excludes halogenated alkanes) is 7. The highest BCUT2D eigenvalue weighted by Gasteiger charge is 2.10. The molecule has 110 valence electrons. The van der Waals surface area contributed by atoms with Crippen molar-refractivity contribution in [2.24, 2.45) is 0 Å². The van der Waals surface area contributed by atoms with Gasteiger partial charge in [0.1, 0.15) is 0 Å². The fourth-order valence-electron chi connectivity index (χ4n) is 2.55. The van der Waals surface area contributed by atoms with Gasteiger partial charge in [-0.25, -0.2) is 0 Å². The van der Waals surface area contributed by atoms with Crippen molar-refractivity contribution in [3.05, 3.63) is 21.9 Å². The molecule has 0 fully saturated rings. The number of nitrogens with one attached hydrogen (secondary N) is 1.